The van der Waals surface area contributed by atoms with Crippen molar-refractivity contribution in [1.29, 1.82) is 0 Å². The minimum absolute atomic E-state index is 0.00804. The Morgan fingerprint density at radius 1 is 0.636 bits per heavy atom. The van der Waals surface area contributed by atoms with E-state index in [1.165, 1.54) is 10.6 Å². The number of carboxylic acid groups (broad SMARTS) is 2. The number of aromatic nitrogens is 8. The van der Waals surface area contributed by atoms with Gasteiger partial charge in [0.1, 0.15) is 42.3 Å². The van der Waals surface area contributed by atoms with E-state index in [4.69, 9.17) is 19.3 Å². The molecule has 0 amide bonds. The maximum Gasteiger partial charge on any atom is 0.457 e. The van der Waals surface area contributed by atoms with Gasteiger partial charge >= 0.3 is 30.1 Å². The molecule has 22 heteroatoms. The second-order valence-corrected chi connectivity index (χ2v) is 23.2. The van der Waals surface area contributed by atoms with E-state index in [1.54, 1.807) is 94.4 Å². The SMILES string of the molecule is CC(C)(COc1ccc(-c2ccc(-c3[nH]c(C(F)(F)F)c[n+]3COCC[Si](C)(C)C)nn2)cc1)C(=O)O.CC(C)(COc1ccc(-c2ccc(-c3ncc(C(F)(F)F)[nH]3)nn2)cc1)C(=O)O. The fraction of sp³-hybridized carbons (Fsp3) is 0.364. The highest BCUT2D eigenvalue weighted by atomic mass is 28.3. The molecule has 0 aliphatic carbocycles. The maximum atomic E-state index is 13.4. The summed E-state index contributed by atoms with van der Waals surface area (Å²) in [5.74, 6) is -0.788. The van der Waals surface area contributed by atoms with E-state index in [9.17, 15) is 41.0 Å². The van der Waals surface area contributed by atoms with E-state index < -0.39 is 54.6 Å². The summed E-state index contributed by atoms with van der Waals surface area (Å²) in [7, 11) is -1.33. The van der Waals surface area contributed by atoms with Crippen LogP contribution in [0.3, 0.4) is 0 Å². The largest absolute Gasteiger partial charge is 0.492 e. The van der Waals surface area contributed by atoms with Gasteiger partial charge in [0.25, 0.3) is 0 Å². The van der Waals surface area contributed by atoms with Crippen LogP contribution in [0.1, 0.15) is 39.1 Å². The van der Waals surface area contributed by atoms with Gasteiger partial charge in [-0.25, -0.2) is 14.5 Å². The summed E-state index contributed by atoms with van der Waals surface area (Å²) < 4.78 is 96.1. The normalized spacial score (nSPS) is 12.3. The number of imidazole rings is 2. The number of carbonyl (C=O) groups is 2. The summed E-state index contributed by atoms with van der Waals surface area (Å²) in [5.41, 5.74) is -1.03. The minimum atomic E-state index is -4.55. The van der Waals surface area contributed by atoms with Crippen molar-refractivity contribution in [3.05, 3.63) is 96.6 Å². The summed E-state index contributed by atoms with van der Waals surface area (Å²) in [6, 6.07) is 20.9. The highest BCUT2D eigenvalue weighted by molar-refractivity contribution is 6.76. The minimum Gasteiger partial charge on any atom is -0.492 e. The van der Waals surface area contributed by atoms with Crippen LogP contribution < -0.4 is 14.0 Å². The van der Waals surface area contributed by atoms with Crippen LogP contribution in [0.25, 0.3) is 45.6 Å². The molecule has 352 valence electrons. The quantitative estimate of drug-likeness (QED) is 0.0293. The van der Waals surface area contributed by atoms with E-state index in [2.05, 4.69) is 55.0 Å². The zero-order valence-corrected chi connectivity index (χ0v) is 38.0. The highest BCUT2D eigenvalue weighted by Crippen LogP contribution is 2.31. The van der Waals surface area contributed by atoms with E-state index in [0.717, 1.165) is 12.2 Å². The van der Waals surface area contributed by atoms with Crippen molar-refractivity contribution in [3.8, 4) is 57.1 Å². The molecule has 0 unspecified atom stereocenters. The van der Waals surface area contributed by atoms with Gasteiger partial charge in [-0.2, -0.15) is 26.3 Å². The van der Waals surface area contributed by atoms with Gasteiger partial charge in [0.2, 0.25) is 5.69 Å². The van der Waals surface area contributed by atoms with Crippen LogP contribution in [0.15, 0.2) is 85.2 Å². The molecular weight excluding hydrogens is 895 g/mol. The molecule has 0 aliphatic heterocycles. The first-order valence-electron chi connectivity index (χ1n) is 20.2. The number of aromatic amines is 2. The van der Waals surface area contributed by atoms with Crippen LogP contribution in [0, 0.1) is 10.8 Å². The van der Waals surface area contributed by atoms with Gasteiger partial charge in [0.05, 0.1) is 28.4 Å². The Kier molecular flexibility index (Phi) is 15.4. The Bertz CT molecular complexity index is 2560. The molecule has 6 rings (SSSR count). The molecule has 0 saturated heterocycles. The van der Waals surface area contributed by atoms with Gasteiger partial charge in [-0.3, -0.25) is 9.59 Å². The molecule has 4 aromatic heterocycles. The molecule has 2 aromatic carbocycles. The van der Waals surface area contributed by atoms with Gasteiger partial charge < -0.3 is 29.4 Å². The molecule has 4 heterocycles. The lowest BCUT2D eigenvalue weighted by molar-refractivity contribution is -0.721. The monoisotopic (exact) mass is 943 g/mol. The van der Waals surface area contributed by atoms with Crippen LogP contribution >= 0.6 is 0 Å². The maximum absolute atomic E-state index is 13.4. The number of nitrogens with zero attached hydrogens (tertiary/aromatic N) is 6. The summed E-state index contributed by atoms with van der Waals surface area (Å²) in [4.78, 5) is 30.6. The number of nitrogens with one attached hydrogen (secondary N) is 2. The number of ether oxygens (including phenoxy) is 3. The third-order valence-corrected chi connectivity index (χ3v) is 11.4. The Balaban J connectivity index is 0.000000255. The van der Waals surface area contributed by atoms with E-state index in [0.29, 0.717) is 46.8 Å². The number of halogens is 6. The third kappa shape index (κ3) is 13.9. The number of aliphatic carboxylic acids is 2. The van der Waals surface area contributed by atoms with Gasteiger partial charge in [-0.05, 0) is 107 Å². The van der Waals surface area contributed by atoms with Crippen molar-refractivity contribution < 1.29 is 64.9 Å². The summed E-state index contributed by atoms with van der Waals surface area (Å²) in [6.07, 6.45) is -7.38. The Hall–Kier alpha value is -6.68. The first kappa shape index (κ1) is 50.3. The number of alkyl halides is 6. The van der Waals surface area contributed by atoms with Gasteiger partial charge in [-0.1, -0.05) is 19.6 Å². The topological polar surface area (TPSA) is 202 Å². The average molecular weight is 944 g/mol. The number of benzene rings is 2. The first-order valence-corrected chi connectivity index (χ1v) is 23.9. The summed E-state index contributed by atoms with van der Waals surface area (Å²) in [6.45, 7) is 13.3. The Morgan fingerprint density at radius 3 is 1.47 bits per heavy atom. The fourth-order valence-corrected chi connectivity index (χ4v) is 6.12. The lowest BCUT2D eigenvalue weighted by Crippen LogP contribution is -2.36. The molecule has 66 heavy (non-hydrogen) atoms. The number of hydrogen-bond acceptors (Lipinski definition) is 10. The average Bonchev–Trinajstić information content (AvgIpc) is 3.94. The Morgan fingerprint density at radius 2 is 1.08 bits per heavy atom. The van der Waals surface area contributed by atoms with Crippen LogP contribution in [-0.2, 0) is 33.4 Å². The number of hydrogen-bond donors (Lipinski definition) is 4. The van der Waals surface area contributed by atoms with Gasteiger partial charge in [-0.15, -0.1) is 20.4 Å². The summed E-state index contributed by atoms with van der Waals surface area (Å²) >= 11 is 0. The molecule has 15 nitrogen and oxygen atoms in total. The molecule has 4 N–H and O–H groups in total. The molecule has 0 radical (unpaired) electrons. The highest BCUT2D eigenvalue weighted by Gasteiger charge is 2.40. The number of H-pyrrole nitrogens is 2. The lowest BCUT2D eigenvalue weighted by atomic mass is 9.95. The lowest BCUT2D eigenvalue weighted by Gasteiger charge is -2.19. The molecule has 0 atom stereocenters. The second kappa shape index (κ2) is 20.2. The molecule has 0 bridgehead atoms. The van der Waals surface area contributed by atoms with Crippen molar-refractivity contribution in [2.45, 2.75) is 72.5 Å². The zero-order chi connectivity index (χ0) is 48.7. The zero-order valence-electron chi connectivity index (χ0n) is 37.0. The van der Waals surface area contributed by atoms with Gasteiger partial charge in [0, 0.05) is 25.8 Å². The van der Waals surface area contributed by atoms with Gasteiger partial charge in [0.15, 0.2) is 18.2 Å². The number of rotatable bonds is 17. The summed E-state index contributed by atoms with van der Waals surface area (Å²) in [5, 5.41) is 34.6. The second-order valence-electron chi connectivity index (χ2n) is 17.6. The molecule has 6 aromatic rings. The first-order chi connectivity index (χ1) is 30.7. The predicted octanol–water partition coefficient (Wildman–Crippen LogP) is 9.29. The molecule has 0 spiro atoms. The molecule has 0 aliphatic rings. The van der Waals surface area contributed by atoms with E-state index in [-0.39, 0.29) is 43.0 Å². The fourth-order valence-electron chi connectivity index (χ4n) is 5.37. The molecular formula is C44H49F6N8O7Si+. The predicted molar refractivity (Wildman–Crippen MR) is 230 cm³/mol. The van der Waals surface area contributed by atoms with Crippen molar-refractivity contribution >= 4 is 20.0 Å². The van der Waals surface area contributed by atoms with Crippen molar-refractivity contribution in [1.82, 2.24) is 35.3 Å². The van der Waals surface area contributed by atoms with Crippen LogP contribution in [0.4, 0.5) is 26.3 Å². The molecule has 0 saturated carbocycles. The third-order valence-electron chi connectivity index (χ3n) is 9.71. The van der Waals surface area contributed by atoms with Crippen molar-refractivity contribution in [2.24, 2.45) is 10.8 Å². The van der Waals surface area contributed by atoms with Crippen LogP contribution in [-0.4, -0.2) is 85.4 Å². The standard InChI is InChI=1S/C25H31F3N4O4Si.C19H17F3N4O3/c1-24(2,23(33)34)15-36-18-8-6-17(7-9-18)19-10-11-20(31-30-19)22-29-21(25(26,27)28)14-32(22)16-35-12-13-37(3,4)5;1-18(2,17(27)28)10-29-12-5-3-11(4-6-12)13-7-8-14(26-25-13)16-23-9-15(24-16)19(20,21)22/h6-11,14H,12-13,15-16H2,1-5H3,(H,33,34);3-9H,10H2,1-2H3,(H,23,24)(H,27,28)/p+1. The van der Waals surface area contributed by atoms with Crippen LogP contribution in [0.5, 0.6) is 11.5 Å². The van der Waals surface area contributed by atoms with Crippen LogP contribution in [0.2, 0.25) is 25.7 Å². The molecule has 0 fully saturated rings. The van der Waals surface area contributed by atoms with Crippen molar-refractivity contribution in [2.75, 3.05) is 19.8 Å². The smallest absolute Gasteiger partial charge is 0.457 e. The Labute approximate surface area is 376 Å². The number of carboxylic acids is 2. The van der Waals surface area contributed by atoms with E-state index >= 15 is 0 Å². The van der Waals surface area contributed by atoms with Crippen molar-refractivity contribution in [3.63, 3.8) is 0 Å². The van der Waals surface area contributed by atoms with E-state index in [1.807, 2.05) is 0 Å².